The van der Waals surface area contributed by atoms with Crippen molar-refractivity contribution in [2.75, 3.05) is 4.90 Å². The molecule has 4 aromatic rings. The summed E-state index contributed by atoms with van der Waals surface area (Å²) in [5, 5.41) is 0.450. The van der Waals surface area contributed by atoms with Crippen LogP contribution in [0.3, 0.4) is 0 Å². The quantitative estimate of drug-likeness (QED) is 0.204. The molecule has 7 heteroatoms. The summed E-state index contributed by atoms with van der Waals surface area (Å²) in [6.45, 7) is 0. The number of hydrogen-bond donors (Lipinski definition) is 0. The first kappa shape index (κ1) is 24.6. The van der Waals surface area contributed by atoms with Crippen molar-refractivity contribution in [3.63, 3.8) is 0 Å². The van der Waals surface area contributed by atoms with E-state index < -0.39 is 35.1 Å². The molecular formula is C33H20ClF2NO3. The Morgan fingerprint density at radius 2 is 1.43 bits per heavy atom. The zero-order valence-electron chi connectivity index (χ0n) is 20.9. The molecular weight excluding hydrogens is 532 g/mol. The van der Waals surface area contributed by atoms with Crippen molar-refractivity contribution >= 4 is 40.7 Å². The summed E-state index contributed by atoms with van der Waals surface area (Å²) in [4.78, 5) is 45.3. The van der Waals surface area contributed by atoms with Crippen LogP contribution in [0, 0.1) is 17.0 Å². The van der Waals surface area contributed by atoms with Crippen LogP contribution in [0.25, 0.3) is 6.08 Å². The van der Waals surface area contributed by atoms with Crippen LogP contribution in [0.5, 0.6) is 0 Å². The van der Waals surface area contributed by atoms with Crippen molar-refractivity contribution in [3.05, 3.63) is 142 Å². The van der Waals surface area contributed by atoms with E-state index in [0.29, 0.717) is 27.4 Å². The summed E-state index contributed by atoms with van der Waals surface area (Å²) >= 11 is 6.10. The van der Waals surface area contributed by atoms with E-state index >= 15 is 0 Å². The molecule has 7 rings (SSSR count). The Morgan fingerprint density at radius 1 is 0.800 bits per heavy atom. The van der Waals surface area contributed by atoms with Crippen molar-refractivity contribution in [3.8, 4) is 0 Å². The standard InChI is InChI=1S/C33H20ClF2NO3/c34-21-10-5-19(6-11-21)30(38)29-28(18-7-12-22(35)13-8-18)33(31(39)24-3-1-2-4-25(24)32(33)40)27-16-9-20-17-23(36)14-15-26(20)37(27)29/h1-17,27-29H/t27-,28+,29-/m1/s1. The fourth-order valence-electron chi connectivity index (χ4n) is 6.78. The van der Waals surface area contributed by atoms with E-state index in [1.54, 1.807) is 71.6 Å². The van der Waals surface area contributed by atoms with Crippen LogP contribution in [0.2, 0.25) is 5.02 Å². The minimum absolute atomic E-state index is 0.289. The van der Waals surface area contributed by atoms with Crippen LogP contribution < -0.4 is 4.90 Å². The number of halogens is 3. The fourth-order valence-corrected chi connectivity index (χ4v) is 6.90. The second kappa shape index (κ2) is 8.80. The molecule has 2 heterocycles. The third kappa shape index (κ3) is 3.26. The second-order valence-electron chi connectivity index (χ2n) is 10.3. The Hall–Kier alpha value is -4.42. The molecule has 1 aliphatic carbocycles. The molecule has 0 saturated carbocycles. The molecule has 1 saturated heterocycles. The molecule has 0 bridgehead atoms. The molecule has 0 N–H and O–H groups in total. The van der Waals surface area contributed by atoms with Crippen LogP contribution in [-0.2, 0) is 0 Å². The summed E-state index contributed by atoms with van der Waals surface area (Å²) in [5.41, 5.74) is 0.740. The molecule has 3 atom stereocenters. The highest BCUT2D eigenvalue weighted by molar-refractivity contribution is 6.32. The number of ketones is 3. The zero-order valence-corrected chi connectivity index (χ0v) is 21.6. The van der Waals surface area contributed by atoms with Crippen molar-refractivity contribution in [2.45, 2.75) is 18.0 Å². The third-order valence-electron chi connectivity index (χ3n) is 8.39. The number of fused-ring (bicyclic) bond motifs is 5. The highest BCUT2D eigenvalue weighted by Gasteiger charge is 2.71. The lowest BCUT2D eigenvalue weighted by Gasteiger charge is -2.37. The molecule has 40 heavy (non-hydrogen) atoms. The molecule has 0 aromatic heterocycles. The van der Waals surface area contributed by atoms with Crippen molar-refractivity contribution in [1.29, 1.82) is 0 Å². The van der Waals surface area contributed by atoms with Gasteiger partial charge in [0.1, 0.15) is 23.1 Å². The van der Waals surface area contributed by atoms with Crippen LogP contribution in [0.1, 0.15) is 48.1 Å². The number of benzene rings is 4. The van der Waals surface area contributed by atoms with E-state index in [4.69, 9.17) is 11.6 Å². The van der Waals surface area contributed by atoms with Crippen molar-refractivity contribution < 1.29 is 23.2 Å². The van der Waals surface area contributed by atoms with Gasteiger partial charge in [-0.1, -0.05) is 60.2 Å². The lowest BCUT2D eigenvalue weighted by Crippen LogP contribution is -2.48. The Bertz CT molecular complexity index is 1730. The topological polar surface area (TPSA) is 54.5 Å². The summed E-state index contributed by atoms with van der Waals surface area (Å²) < 4.78 is 28.4. The fraction of sp³-hybridized carbons (Fsp3) is 0.121. The van der Waals surface area contributed by atoms with Crippen LogP contribution in [-0.4, -0.2) is 29.4 Å². The zero-order chi connectivity index (χ0) is 27.8. The number of rotatable bonds is 3. The van der Waals surface area contributed by atoms with Gasteiger partial charge in [-0.25, -0.2) is 8.78 Å². The summed E-state index contributed by atoms with van der Waals surface area (Å²) in [5.74, 6) is -3.03. The van der Waals surface area contributed by atoms with Gasteiger partial charge in [-0.2, -0.15) is 0 Å². The van der Waals surface area contributed by atoms with Crippen molar-refractivity contribution in [1.82, 2.24) is 0 Å². The first-order valence-corrected chi connectivity index (χ1v) is 13.2. The van der Waals surface area contributed by atoms with Crippen LogP contribution >= 0.6 is 11.6 Å². The highest BCUT2D eigenvalue weighted by atomic mass is 35.5. The summed E-state index contributed by atoms with van der Waals surface area (Å²) in [6, 6.07) is 21.0. The maximum absolute atomic E-state index is 14.5. The first-order chi connectivity index (χ1) is 19.3. The predicted octanol–water partition coefficient (Wildman–Crippen LogP) is 6.93. The maximum atomic E-state index is 14.5. The van der Waals surface area contributed by atoms with Gasteiger partial charge in [0, 0.05) is 38.9 Å². The molecule has 2 aliphatic heterocycles. The predicted molar refractivity (Wildman–Crippen MR) is 148 cm³/mol. The van der Waals surface area contributed by atoms with E-state index in [2.05, 4.69) is 0 Å². The molecule has 196 valence electrons. The van der Waals surface area contributed by atoms with Gasteiger partial charge in [0.05, 0.1) is 6.04 Å². The van der Waals surface area contributed by atoms with Crippen LogP contribution in [0.15, 0.2) is 97.1 Å². The average Bonchev–Trinajstić information content (AvgIpc) is 3.39. The van der Waals surface area contributed by atoms with E-state index in [1.807, 2.05) is 0 Å². The van der Waals surface area contributed by atoms with Gasteiger partial charge in [-0.05, 0) is 60.2 Å². The minimum Gasteiger partial charge on any atom is -0.352 e. The number of nitrogens with zero attached hydrogens (tertiary/aromatic N) is 1. The van der Waals surface area contributed by atoms with Gasteiger partial charge in [-0.15, -0.1) is 0 Å². The molecule has 4 aromatic carbocycles. The van der Waals surface area contributed by atoms with Gasteiger partial charge in [0.15, 0.2) is 17.3 Å². The lowest BCUT2D eigenvalue weighted by molar-refractivity contribution is 0.0666. The smallest absolute Gasteiger partial charge is 0.185 e. The first-order valence-electron chi connectivity index (χ1n) is 12.8. The van der Waals surface area contributed by atoms with Crippen LogP contribution in [0.4, 0.5) is 14.5 Å². The lowest BCUT2D eigenvalue weighted by atomic mass is 9.64. The molecule has 3 aliphatic rings. The van der Waals surface area contributed by atoms with E-state index in [-0.39, 0.29) is 28.5 Å². The largest absolute Gasteiger partial charge is 0.352 e. The number of anilines is 1. The van der Waals surface area contributed by atoms with Gasteiger partial charge in [0.25, 0.3) is 0 Å². The van der Waals surface area contributed by atoms with E-state index in [1.165, 1.54) is 36.4 Å². The summed E-state index contributed by atoms with van der Waals surface area (Å²) in [7, 11) is 0. The van der Waals surface area contributed by atoms with Gasteiger partial charge in [0.2, 0.25) is 0 Å². The molecule has 1 fully saturated rings. The minimum atomic E-state index is -1.71. The third-order valence-corrected chi connectivity index (χ3v) is 8.64. The molecule has 4 nitrogen and oxygen atoms in total. The number of carbonyl (C=O) groups is 3. The number of hydrogen-bond acceptors (Lipinski definition) is 4. The normalized spacial score (nSPS) is 21.9. The Balaban J connectivity index is 1.54. The Kier molecular flexibility index (Phi) is 5.41. The van der Waals surface area contributed by atoms with Crippen molar-refractivity contribution in [2.24, 2.45) is 5.41 Å². The summed E-state index contributed by atoms with van der Waals surface area (Å²) in [6.07, 6.45) is 3.41. The van der Waals surface area contributed by atoms with Gasteiger partial charge in [-0.3, -0.25) is 14.4 Å². The molecule has 0 unspecified atom stereocenters. The molecule has 0 radical (unpaired) electrons. The second-order valence-corrected chi connectivity index (χ2v) is 10.8. The van der Waals surface area contributed by atoms with E-state index in [0.717, 1.165) is 0 Å². The number of carbonyl (C=O) groups excluding carboxylic acids is 3. The number of Topliss-reactive ketones (excluding diaryl/α,β-unsaturated/α-hetero) is 3. The highest BCUT2D eigenvalue weighted by Crippen LogP contribution is 2.61. The SMILES string of the molecule is O=C(c1ccc(Cl)cc1)[C@H]1[C@H](c2ccc(F)cc2)C2(C(=O)c3ccccc3C2=O)[C@H]2C=Cc3cc(F)ccc3N12. The monoisotopic (exact) mass is 551 g/mol. The average molecular weight is 552 g/mol. The Labute approximate surface area is 233 Å². The van der Waals surface area contributed by atoms with Gasteiger partial charge < -0.3 is 4.90 Å². The molecule has 1 spiro atoms. The maximum Gasteiger partial charge on any atom is 0.185 e. The van der Waals surface area contributed by atoms with Gasteiger partial charge >= 0.3 is 0 Å². The molecule has 0 amide bonds. The Morgan fingerprint density at radius 3 is 2.08 bits per heavy atom. The van der Waals surface area contributed by atoms with E-state index in [9.17, 15) is 23.2 Å².